The van der Waals surface area contributed by atoms with E-state index in [9.17, 15) is 22.7 Å². The average molecular weight is 311 g/mol. The molecule has 1 aromatic carbocycles. The molecule has 1 unspecified atom stereocenters. The molecule has 0 saturated carbocycles. The summed E-state index contributed by atoms with van der Waals surface area (Å²) in [5.41, 5.74) is 0. The number of hydrogen-bond donors (Lipinski definition) is 2. The number of rotatable bonds is 9. The van der Waals surface area contributed by atoms with Crippen LogP contribution in [0.2, 0.25) is 0 Å². The van der Waals surface area contributed by atoms with Crippen molar-refractivity contribution in [3.8, 4) is 5.75 Å². The summed E-state index contributed by atoms with van der Waals surface area (Å²) in [7, 11) is 0. The highest BCUT2D eigenvalue weighted by molar-refractivity contribution is 5.22. The second-order valence-corrected chi connectivity index (χ2v) is 4.29. The topological polar surface area (TPSA) is 50.7 Å². The van der Waals surface area contributed by atoms with Crippen LogP contribution in [0.25, 0.3) is 0 Å². The number of alkyl halides is 3. The van der Waals surface area contributed by atoms with Crippen LogP contribution in [0.3, 0.4) is 0 Å². The molecular weight excluding hydrogens is 294 g/mol. The third-order valence-corrected chi connectivity index (χ3v) is 2.32. The Hall–Kier alpha value is -1.38. The Morgan fingerprint density at radius 1 is 1.19 bits per heavy atom. The molecule has 0 bridgehead atoms. The van der Waals surface area contributed by atoms with Crippen molar-refractivity contribution in [2.24, 2.45) is 0 Å². The van der Waals surface area contributed by atoms with Gasteiger partial charge in [0.1, 0.15) is 30.9 Å². The fraction of sp³-hybridized carbons (Fsp3) is 0.538. The Morgan fingerprint density at radius 2 is 1.86 bits per heavy atom. The van der Waals surface area contributed by atoms with E-state index >= 15 is 0 Å². The molecule has 0 aliphatic rings. The first-order chi connectivity index (χ1) is 9.87. The number of ether oxygens (including phenoxy) is 2. The van der Waals surface area contributed by atoms with Crippen molar-refractivity contribution < 1.29 is 32.1 Å². The minimum absolute atomic E-state index is 0.0119. The van der Waals surface area contributed by atoms with Crippen molar-refractivity contribution in [1.82, 2.24) is 5.32 Å². The quantitative estimate of drug-likeness (QED) is 0.539. The predicted molar refractivity (Wildman–Crippen MR) is 67.6 cm³/mol. The van der Waals surface area contributed by atoms with Crippen LogP contribution in [0, 0.1) is 5.82 Å². The molecule has 0 heterocycles. The minimum Gasteiger partial charge on any atom is -0.491 e. The summed E-state index contributed by atoms with van der Waals surface area (Å²) in [4.78, 5) is 0. The maximum Gasteiger partial charge on any atom is 0.411 e. The first-order valence-corrected chi connectivity index (χ1v) is 6.28. The second kappa shape index (κ2) is 8.81. The Balaban J connectivity index is 2.03. The van der Waals surface area contributed by atoms with Crippen LogP contribution < -0.4 is 10.1 Å². The van der Waals surface area contributed by atoms with E-state index in [4.69, 9.17) is 4.74 Å². The maximum atomic E-state index is 12.6. The molecule has 0 amide bonds. The van der Waals surface area contributed by atoms with Gasteiger partial charge in [-0.25, -0.2) is 4.39 Å². The van der Waals surface area contributed by atoms with Gasteiger partial charge in [-0.1, -0.05) is 0 Å². The summed E-state index contributed by atoms with van der Waals surface area (Å²) in [6.45, 7) is -1.07. The van der Waals surface area contributed by atoms with E-state index in [2.05, 4.69) is 10.1 Å². The largest absolute Gasteiger partial charge is 0.491 e. The fourth-order valence-electron chi connectivity index (χ4n) is 1.38. The Labute approximate surface area is 119 Å². The van der Waals surface area contributed by atoms with Crippen molar-refractivity contribution in [3.05, 3.63) is 30.1 Å². The van der Waals surface area contributed by atoms with E-state index in [0.717, 1.165) is 0 Å². The number of aliphatic hydroxyl groups is 1. The highest BCUT2D eigenvalue weighted by Crippen LogP contribution is 2.14. The average Bonchev–Trinajstić information content (AvgIpc) is 2.41. The molecule has 0 aliphatic carbocycles. The van der Waals surface area contributed by atoms with E-state index in [1.54, 1.807) is 0 Å². The van der Waals surface area contributed by atoms with Gasteiger partial charge < -0.3 is 19.9 Å². The SMILES string of the molecule is OC(CNCCOCC(F)(F)F)COc1ccc(F)cc1. The normalized spacial score (nSPS) is 13.2. The molecule has 1 rings (SSSR count). The van der Waals surface area contributed by atoms with Crippen LogP contribution in [-0.4, -0.2) is 50.3 Å². The highest BCUT2D eigenvalue weighted by atomic mass is 19.4. The van der Waals surface area contributed by atoms with Gasteiger partial charge in [0.25, 0.3) is 0 Å². The van der Waals surface area contributed by atoms with Crippen LogP contribution in [0.1, 0.15) is 0 Å². The van der Waals surface area contributed by atoms with E-state index in [1.807, 2.05) is 0 Å². The van der Waals surface area contributed by atoms with Crippen molar-refractivity contribution in [2.45, 2.75) is 12.3 Å². The van der Waals surface area contributed by atoms with Crippen LogP contribution in [0.4, 0.5) is 17.6 Å². The summed E-state index contributed by atoms with van der Waals surface area (Å²) in [5.74, 6) is 0.0346. The zero-order chi connectivity index (χ0) is 15.7. The molecule has 1 aromatic rings. The van der Waals surface area contributed by atoms with E-state index in [1.165, 1.54) is 24.3 Å². The molecule has 4 nitrogen and oxygen atoms in total. The number of hydrogen-bond acceptors (Lipinski definition) is 4. The fourth-order valence-corrected chi connectivity index (χ4v) is 1.38. The number of aliphatic hydroxyl groups excluding tert-OH is 1. The summed E-state index contributed by atoms with van der Waals surface area (Å²) in [6.07, 6.45) is -5.17. The van der Waals surface area contributed by atoms with Gasteiger partial charge in [-0.3, -0.25) is 0 Å². The van der Waals surface area contributed by atoms with Crippen molar-refractivity contribution in [1.29, 1.82) is 0 Å². The molecule has 21 heavy (non-hydrogen) atoms. The third kappa shape index (κ3) is 9.22. The lowest BCUT2D eigenvalue weighted by molar-refractivity contribution is -0.173. The van der Waals surface area contributed by atoms with Gasteiger partial charge in [-0.05, 0) is 24.3 Å². The number of nitrogens with one attached hydrogen (secondary N) is 1. The number of halogens is 4. The van der Waals surface area contributed by atoms with Gasteiger partial charge in [0.15, 0.2) is 0 Å². The minimum atomic E-state index is -4.33. The third-order valence-electron chi connectivity index (χ3n) is 2.32. The van der Waals surface area contributed by atoms with Crippen LogP contribution in [-0.2, 0) is 4.74 Å². The number of benzene rings is 1. The molecule has 0 spiro atoms. The Kier molecular flexibility index (Phi) is 7.41. The zero-order valence-electron chi connectivity index (χ0n) is 11.2. The molecule has 0 saturated heterocycles. The molecule has 0 fully saturated rings. The van der Waals surface area contributed by atoms with Gasteiger partial charge in [0.05, 0.1) is 6.61 Å². The summed E-state index contributed by atoms with van der Waals surface area (Å²) in [6, 6.07) is 5.33. The highest BCUT2D eigenvalue weighted by Gasteiger charge is 2.27. The standard InChI is InChI=1S/C13H17F4NO3/c14-10-1-3-12(4-2-10)21-8-11(19)7-18-5-6-20-9-13(15,16)17/h1-4,11,18-19H,5-9H2. The maximum absolute atomic E-state index is 12.6. The van der Waals surface area contributed by atoms with E-state index in [-0.39, 0.29) is 32.1 Å². The molecule has 2 N–H and O–H groups in total. The lowest BCUT2D eigenvalue weighted by Gasteiger charge is -2.13. The predicted octanol–water partition coefficient (Wildman–Crippen LogP) is 1.73. The van der Waals surface area contributed by atoms with Gasteiger partial charge in [-0.2, -0.15) is 13.2 Å². The zero-order valence-corrected chi connectivity index (χ0v) is 11.2. The summed E-state index contributed by atoms with van der Waals surface area (Å²) < 4.78 is 57.5. The van der Waals surface area contributed by atoms with Crippen molar-refractivity contribution >= 4 is 0 Å². The Bertz CT molecular complexity index is 397. The molecule has 1 atom stereocenters. The lowest BCUT2D eigenvalue weighted by Crippen LogP contribution is -2.33. The molecule has 0 aliphatic heterocycles. The van der Waals surface area contributed by atoms with E-state index in [0.29, 0.717) is 5.75 Å². The molecule has 120 valence electrons. The summed E-state index contributed by atoms with van der Waals surface area (Å²) in [5, 5.41) is 12.3. The summed E-state index contributed by atoms with van der Waals surface area (Å²) >= 11 is 0. The molecule has 0 radical (unpaired) electrons. The molecular formula is C13H17F4NO3. The first kappa shape index (κ1) is 17.7. The second-order valence-electron chi connectivity index (χ2n) is 4.29. The van der Waals surface area contributed by atoms with E-state index < -0.39 is 18.9 Å². The van der Waals surface area contributed by atoms with Crippen molar-refractivity contribution in [3.63, 3.8) is 0 Å². The molecule has 8 heteroatoms. The van der Waals surface area contributed by atoms with Crippen molar-refractivity contribution in [2.75, 3.05) is 32.9 Å². The van der Waals surface area contributed by atoms with Gasteiger partial charge in [0, 0.05) is 13.1 Å². The monoisotopic (exact) mass is 311 g/mol. The lowest BCUT2D eigenvalue weighted by atomic mass is 10.3. The first-order valence-electron chi connectivity index (χ1n) is 6.28. The van der Waals surface area contributed by atoms with Gasteiger partial charge in [-0.15, -0.1) is 0 Å². The van der Waals surface area contributed by atoms with Crippen LogP contribution >= 0.6 is 0 Å². The smallest absolute Gasteiger partial charge is 0.411 e. The van der Waals surface area contributed by atoms with Crippen LogP contribution in [0.15, 0.2) is 24.3 Å². The Morgan fingerprint density at radius 3 is 2.48 bits per heavy atom. The molecule has 0 aromatic heterocycles. The van der Waals surface area contributed by atoms with Gasteiger partial charge >= 0.3 is 6.18 Å². The van der Waals surface area contributed by atoms with Gasteiger partial charge in [0.2, 0.25) is 0 Å². The van der Waals surface area contributed by atoms with Crippen LogP contribution in [0.5, 0.6) is 5.75 Å².